The van der Waals surface area contributed by atoms with Gasteiger partial charge in [0, 0.05) is 0 Å². The van der Waals surface area contributed by atoms with E-state index < -0.39 is 10.4 Å². The van der Waals surface area contributed by atoms with Gasteiger partial charge in [0.05, 0.1) is 0 Å². The molecular weight excluding hydrogens is 161 g/mol. The van der Waals surface area contributed by atoms with Gasteiger partial charge in [-0.15, -0.1) is 0 Å². The molecule has 0 amide bonds. The normalized spacial score (nSPS) is 7.25. The van der Waals surface area contributed by atoms with E-state index in [0.29, 0.717) is 0 Å². The second-order valence-electron chi connectivity index (χ2n) is 0.428. The van der Waals surface area contributed by atoms with E-state index in [1.807, 2.05) is 0 Å². The van der Waals surface area contributed by atoms with E-state index in [-0.39, 0.29) is 63.8 Å². The first-order valence-electron chi connectivity index (χ1n) is 0.683. The van der Waals surface area contributed by atoms with Gasteiger partial charge in [0.25, 0.3) is 0 Å². The molecule has 0 aliphatic rings. The molecule has 1 N–H and O–H groups in total. The van der Waals surface area contributed by atoms with Gasteiger partial charge < -0.3 is 9.26 Å². The predicted octanol–water partition coefficient (Wildman–Crippen LogP) is -9.98. The van der Waals surface area contributed by atoms with Gasteiger partial charge in [0.1, 0.15) is 0 Å². The largest absolute Gasteiger partial charge is 1.00 e. The summed E-state index contributed by atoms with van der Waals surface area (Å²) in [6, 6.07) is 0. The Labute approximate surface area is 90.6 Å². The van der Waals surface area contributed by atoms with Crippen molar-refractivity contribution in [1.82, 2.24) is 0 Å². The Kier molecular flexibility index (Phi) is 24.8. The molecule has 8 heteroatoms. The fraction of sp³-hybridized carbons (Fsp3) is 0. The number of halogens is 1. The summed E-state index contributed by atoms with van der Waals surface area (Å²) in [6.45, 7) is 0. The van der Waals surface area contributed by atoms with Crippen molar-refractivity contribution in [3.63, 3.8) is 0 Å². The number of rotatable bonds is 0. The quantitative estimate of drug-likeness (QED) is 0.218. The summed E-state index contributed by atoms with van der Waals surface area (Å²) in [5, 5.41) is 0. The van der Waals surface area contributed by atoms with Crippen molar-refractivity contribution in [2.24, 2.45) is 0 Å². The van der Waals surface area contributed by atoms with Crippen molar-refractivity contribution in [3.8, 4) is 0 Å². The summed E-state index contributed by atoms with van der Waals surface area (Å²) in [5.41, 5.74) is 0. The minimum Gasteiger partial charge on any atom is -1.00 e. The van der Waals surface area contributed by atoms with Crippen molar-refractivity contribution in [1.29, 1.82) is 0 Å². The van der Waals surface area contributed by atoms with E-state index in [0.717, 1.165) is 0 Å². The zero-order valence-corrected chi connectivity index (χ0v) is 9.27. The van der Waals surface area contributed by atoms with Crippen molar-refractivity contribution >= 4 is 10.4 Å². The van der Waals surface area contributed by atoms with Gasteiger partial charge in [-0.05, 0) is 0 Å². The van der Waals surface area contributed by atoms with Gasteiger partial charge in [0.2, 0.25) is 10.4 Å². The zero-order valence-electron chi connectivity index (χ0n) is 4.46. The Hall–Kier alpha value is 1.80. The van der Waals surface area contributed by atoms with Crippen molar-refractivity contribution < 1.29 is 81.3 Å². The van der Waals surface area contributed by atoms with Crippen molar-refractivity contribution in [3.05, 3.63) is 0 Å². The maximum absolute atomic E-state index is 8.63. The molecule has 0 aromatic carbocycles. The van der Waals surface area contributed by atoms with Crippen LogP contribution in [0.5, 0.6) is 0 Å². The molecule has 0 atom stereocenters. The van der Waals surface area contributed by atoms with Crippen LogP contribution in [0.15, 0.2) is 0 Å². The fourth-order valence-corrected chi connectivity index (χ4v) is 0. The minimum absolute atomic E-state index is 0. The molecule has 0 aliphatic carbocycles. The third kappa shape index (κ3) is 111. The first kappa shape index (κ1) is 22.6. The molecule has 0 aromatic heterocycles. The van der Waals surface area contributed by atoms with E-state index >= 15 is 0 Å². The molecule has 0 saturated carbocycles. The Morgan fingerprint density at radius 3 is 1.25 bits per heavy atom. The molecule has 0 bridgehead atoms. The van der Waals surface area contributed by atoms with E-state index in [4.69, 9.17) is 17.5 Å². The molecule has 0 rings (SSSR count). The first-order valence-corrected chi connectivity index (χ1v) is 2.05. The Bertz CT molecular complexity index is 97.2. The van der Waals surface area contributed by atoms with E-state index in [1.54, 1.807) is 0 Å². The van der Waals surface area contributed by atoms with Crippen LogP contribution in [-0.4, -0.2) is 17.5 Å². The maximum atomic E-state index is 8.63. The summed E-state index contributed by atoms with van der Waals surface area (Å²) in [4.78, 5) is 0. The van der Waals surface area contributed by atoms with Crippen LogP contribution in [0.1, 0.15) is 0 Å². The third-order valence-corrected chi connectivity index (χ3v) is 0. The topological polar surface area (TPSA) is 77.4 Å². The minimum atomic E-state index is -4.92. The van der Waals surface area contributed by atoms with Crippen LogP contribution in [0.2, 0.25) is 0 Å². The van der Waals surface area contributed by atoms with Gasteiger partial charge in [-0.25, -0.2) is 8.42 Å². The molecule has 0 unspecified atom stereocenters. The van der Waals surface area contributed by atoms with E-state index in [2.05, 4.69) is 0 Å². The van der Waals surface area contributed by atoms with E-state index in [9.17, 15) is 0 Å². The first-order chi connectivity index (χ1) is 2.00. The van der Waals surface area contributed by atoms with Gasteiger partial charge in [-0.2, -0.15) is 0 Å². The second kappa shape index (κ2) is 8.80. The van der Waals surface area contributed by atoms with Crippen LogP contribution in [0.25, 0.3) is 0 Å². The third-order valence-electron chi connectivity index (χ3n) is 0. The van der Waals surface area contributed by atoms with Crippen LogP contribution in [0.3, 0.4) is 0 Å². The maximum Gasteiger partial charge on any atom is 1.00 e. The molecule has 0 heterocycles. The van der Waals surface area contributed by atoms with Gasteiger partial charge in [0.15, 0.2) is 0 Å². The van der Waals surface area contributed by atoms with Crippen LogP contribution in [0.4, 0.5) is 0 Å². The molecular formula is HFNa2O4S. The molecule has 8 heavy (non-hydrogen) atoms. The molecule has 0 saturated heterocycles. The second-order valence-corrected chi connectivity index (χ2v) is 1.28. The summed E-state index contributed by atoms with van der Waals surface area (Å²) in [5.74, 6) is 0. The molecule has 0 fully saturated rings. The Morgan fingerprint density at radius 1 is 1.25 bits per heavy atom. The average molecular weight is 162 g/mol. The van der Waals surface area contributed by atoms with Crippen LogP contribution in [0, 0.1) is 0 Å². The van der Waals surface area contributed by atoms with E-state index in [1.165, 1.54) is 0 Å². The van der Waals surface area contributed by atoms with Crippen LogP contribution >= 0.6 is 0 Å². The van der Waals surface area contributed by atoms with Crippen molar-refractivity contribution in [2.45, 2.75) is 0 Å². The molecule has 40 valence electrons. The Morgan fingerprint density at radius 2 is 1.25 bits per heavy atom. The summed E-state index contributed by atoms with van der Waals surface area (Å²) in [6.07, 6.45) is 0. The predicted molar refractivity (Wildman–Crippen MR) is 12.3 cm³/mol. The summed E-state index contributed by atoms with van der Waals surface area (Å²) < 4.78 is 32.8. The smallest absolute Gasteiger partial charge is 1.00 e. The number of hydrogen-bond acceptors (Lipinski definition) is 3. The van der Waals surface area contributed by atoms with Crippen molar-refractivity contribution in [2.75, 3.05) is 0 Å². The molecule has 0 aromatic rings. The zero-order chi connectivity index (χ0) is 4.50. The summed E-state index contributed by atoms with van der Waals surface area (Å²) in [7, 11) is -4.92. The Balaban J connectivity index is -0.0000000267. The SMILES string of the molecule is O=S(=O)([O-])O.[F-].[Na+].[Na+]. The van der Waals surface area contributed by atoms with Gasteiger partial charge in [-0.1, -0.05) is 0 Å². The monoisotopic (exact) mass is 162 g/mol. The molecule has 4 nitrogen and oxygen atoms in total. The van der Waals surface area contributed by atoms with Gasteiger partial charge >= 0.3 is 59.1 Å². The average Bonchev–Trinajstić information content (AvgIpc) is 0.722. The standard InChI is InChI=1S/FH.2Na.H2O4S/c;;;1-5(2,3)4/h1H;;;(H2,1,2,3,4)/q;2*+1;/p-2. The molecule has 0 radical (unpaired) electrons. The van der Waals surface area contributed by atoms with Gasteiger partial charge in [-0.3, -0.25) is 4.55 Å². The fourth-order valence-electron chi connectivity index (χ4n) is 0. The van der Waals surface area contributed by atoms with Crippen LogP contribution < -0.4 is 63.8 Å². The molecule has 0 aliphatic heterocycles. The number of hydrogen-bond donors (Lipinski definition) is 1. The molecule has 0 spiro atoms. The van der Waals surface area contributed by atoms with Crippen LogP contribution in [-0.2, 0) is 10.4 Å². The summed E-state index contributed by atoms with van der Waals surface area (Å²) >= 11 is 0.